The quantitative estimate of drug-likeness (QED) is 0.129. The summed E-state index contributed by atoms with van der Waals surface area (Å²) in [5.41, 5.74) is 3.65. The number of methoxy groups -OCH3 is 1. The summed E-state index contributed by atoms with van der Waals surface area (Å²) in [6, 6.07) is 19.6. The molecule has 0 aromatic heterocycles. The molecule has 1 aliphatic rings. The topological polar surface area (TPSA) is 135 Å². The Hall–Kier alpha value is -4.99. The molecule has 0 aliphatic heterocycles. The highest BCUT2D eigenvalue weighted by Crippen LogP contribution is 2.20. The van der Waals surface area contributed by atoms with Crippen LogP contribution < -0.4 is 25.5 Å². The molecular weight excluding hydrogens is 512 g/mol. The zero-order valence-corrected chi connectivity index (χ0v) is 22.0. The van der Waals surface area contributed by atoms with Crippen molar-refractivity contribution in [3.63, 3.8) is 0 Å². The van der Waals surface area contributed by atoms with Crippen LogP contribution in [0.1, 0.15) is 58.4 Å². The molecule has 0 unspecified atom stereocenters. The number of nitrogens with zero attached hydrogens (tertiary/aromatic N) is 1. The highest BCUT2D eigenvalue weighted by Gasteiger charge is 2.21. The molecule has 3 aromatic rings. The van der Waals surface area contributed by atoms with E-state index in [-0.39, 0.29) is 23.2 Å². The normalized spacial score (nSPS) is 13.3. The number of benzene rings is 3. The minimum atomic E-state index is -0.996. The smallest absolute Gasteiger partial charge is 0.343 e. The van der Waals surface area contributed by atoms with Crippen LogP contribution in [0.15, 0.2) is 77.9 Å². The van der Waals surface area contributed by atoms with Crippen molar-refractivity contribution in [3.05, 3.63) is 89.5 Å². The molecule has 3 N–H and O–H groups in total. The molecule has 3 aromatic carbocycles. The van der Waals surface area contributed by atoms with Gasteiger partial charge in [0, 0.05) is 6.04 Å². The molecule has 1 fully saturated rings. The fourth-order valence-electron chi connectivity index (χ4n) is 4.21. The Balaban J connectivity index is 1.27. The van der Waals surface area contributed by atoms with Crippen molar-refractivity contribution in [2.45, 2.75) is 38.1 Å². The van der Waals surface area contributed by atoms with Crippen molar-refractivity contribution in [1.29, 1.82) is 0 Å². The van der Waals surface area contributed by atoms with E-state index < -0.39 is 17.8 Å². The summed E-state index contributed by atoms with van der Waals surface area (Å²) in [5, 5.41) is 9.30. The molecule has 3 amide bonds. The maximum atomic E-state index is 12.8. The minimum Gasteiger partial charge on any atom is -0.497 e. The number of esters is 1. The van der Waals surface area contributed by atoms with Crippen LogP contribution in [0, 0.1) is 0 Å². The number of hydrogen-bond donors (Lipinski definition) is 3. The van der Waals surface area contributed by atoms with Gasteiger partial charge < -0.3 is 20.1 Å². The molecule has 40 heavy (non-hydrogen) atoms. The number of rotatable bonds is 8. The summed E-state index contributed by atoms with van der Waals surface area (Å²) < 4.78 is 10.4. The van der Waals surface area contributed by atoms with Crippen molar-refractivity contribution >= 4 is 35.6 Å². The molecule has 4 rings (SSSR count). The first-order valence-electron chi connectivity index (χ1n) is 12.9. The van der Waals surface area contributed by atoms with E-state index in [1.807, 2.05) is 0 Å². The molecule has 0 radical (unpaired) electrons. The van der Waals surface area contributed by atoms with E-state index in [2.05, 4.69) is 21.2 Å². The lowest BCUT2D eigenvalue weighted by molar-refractivity contribution is -0.136. The number of ether oxygens (including phenoxy) is 2. The van der Waals surface area contributed by atoms with Gasteiger partial charge in [-0.05, 0) is 79.1 Å². The predicted octanol–water partition coefficient (Wildman–Crippen LogP) is 4.07. The van der Waals surface area contributed by atoms with Crippen LogP contribution in [0.25, 0.3) is 0 Å². The van der Waals surface area contributed by atoms with Gasteiger partial charge in [-0.25, -0.2) is 10.2 Å². The number of anilines is 1. The van der Waals surface area contributed by atoms with E-state index in [0.717, 1.165) is 25.7 Å². The maximum Gasteiger partial charge on any atom is 0.343 e. The number of hydrogen-bond acceptors (Lipinski definition) is 7. The predicted molar refractivity (Wildman–Crippen MR) is 150 cm³/mol. The van der Waals surface area contributed by atoms with Gasteiger partial charge in [-0.1, -0.05) is 31.4 Å². The molecule has 206 valence electrons. The van der Waals surface area contributed by atoms with Crippen molar-refractivity contribution in [1.82, 2.24) is 10.7 Å². The Morgan fingerprint density at radius 3 is 2.20 bits per heavy atom. The van der Waals surface area contributed by atoms with Crippen molar-refractivity contribution < 1.29 is 28.7 Å². The number of hydrazone groups is 1. The standard InChI is InChI=1S/C30H30N4O6/c1-39-23-17-13-21(14-18-23)30(38)40-24-15-11-20(12-16-24)19-31-34-29(37)28(36)33-26-10-6-5-9-25(26)27(35)32-22-7-3-2-4-8-22/h5-6,9-19,22H,2-4,7-8H2,1H3,(H,32,35)(H,33,36)(H,34,37). The monoisotopic (exact) mass is 542 g/mol. The van der Waals surface area contributed by atoms with Gasteiger partial charge in [0.15, 0.2) is 0 Å². The fraction of sp³-hybridized carbons (Fsp3) is 0.233. The van der Waals surface area contributed by atoms with Crippen LogP contribution in [0.3, 0.4) is 0 Å². The van der Waals surface area contributed by atoms with Crippen LogP contribution in [-0.2, 0) is 9.59 Å². The Labute approximate surface area is 231 Å². The zero-order chi connectivity index (χ0) is 28.3. The second kappa shape index (κ2) is 13.7. The van der Waals surface area contributed by atoms with E-state index >= 15 is 0 Å². The minimum absolute atomic E-state index is 0.109. The van der Waals surface area contributed by atoms with Crippen molar-refractivity contribution in [2.75, 3.05) is 12.4 Å². The van der Waals surface area contributed by atoms with Gasteiger partial charge in [-0.2, -0.15) is 5.10 Å². The molecule has 1 saturated carbocycles. The molecule has 0 bridgehead atoms. The number of amides is 3. The highest BCUT2D eigenvalue weighted by molar-refractivity contribution is 6.40. The summed E-state index contributed by atoms with van der Waals surface area (Å²) in [5.74, 6) is -1.81. The van der Waals surface area contributed by atoms with E-state index in [0.29, 0.717) is 22.6 Å². The van der Waals surface area contributed by atoms with Crippen LogP contribution in [-0.4, -0.2) is 43.1 Å². The van der Waals surface area contributed by atoms with Gasteiger partial charge in [-0.3, -0.25) is 14.4 Å². The molecular formula is C30H30N4O6. The molecule has 0 atom stereocenters. The number of carbonyl (C=O) groups is 4. The lowest BCUT2D eigenvalue weighted by atomic mass is 9.95. The Morgan fingerprint density at radius 1 is 0.825 bits per heavy atom. The van der Waals surface area contributed by atoms with Crippen LogP contribution >= 0.6 is 0 Å². The van der Waals surface area contributed by atoms with Gasteiger partial charge in [0.05, 0.1) is 30.1 Å². The Bertz CT molecular complexity index is 1380. The largest absolute Gasteiger partial charge is 0.497 e. The highest BCUT2D eigenvalue weighted by atomic mass is 16.5. The number of carbonyl (C=O) groups excluding carboxylic acids is 4. The van der Waals surface area contributed by atoms with E-state index in [1.54, 1.807) is 79.9 Å². The fourth-order valence-corrected chi connectivity index (χ4v) is 4.21. The van der Waals surface area contributed by atoms with Crippen molar-refractivity contribution in [2.24, 2.45) is 5.10 Å². The first kappa shape index (κ1) is 28.0. The molecule has 0 saturated heterocycles. The van der Waals surface area contributed by atoms with Crippen LogP contribution in [0.4, 0.5) is 5.69 Å². The van der Waals surface area contributed by atoms with Gasteiger partial charge in [0.1, 0.15) is 11.5 Å². The molecule has 0 heterocycles. The number of nitrogens with one attached hydrogen (secondary N) is 3. The summed E-state index contributed by atoms with van der Waals surface area (Å²) in [4.78, 5) is 49.8. The average Bonchev–Trinajstić information content (AvgIpc) is 2.98. The zero-order valence-electron chi connectivity index (χ0n) is 22.0. The van der Waals surface area contributed by atoms with Gasteiger partial charge in [0.2, 0.25) is 0 Å². The second-order valence-corrected chi connectivity index (χ2v) is 9.19. The van der Waals surface area contributed by atoms with E-state index in [9.17, 15) is 19.2 Å². The lowest BCUT2D eigenvalue weighted by Gasteiger charge is -2.23. The first-order chi connectivity index (χ1) is 19.4. The summed E-state index contributed by atoms with van der Waals surface area (Å²) in [6.45, 7) is 0. The maximum absolute atomic E-state index is 12.8. The molecule has 10 nitrogen and oxygen atoms in total. The summed E-state index contributed by atoms with van der Waals surface area (Å²) in [6.07, 6.45) is 6.52. The third kappa shape index (κ3) is 7.76. The van der Waals surface area contributed by atoms with Crippen LogP contribution in [0.5, 0.6) is 11.5 Å². The molecule has 10 heteroatoms. The third-order valence-electron chi connectivity index (χ3n) is 6.36. The van der Waals surface area contributed by atoms with Gasteiger partial charge in [0.25, 0.3) is 5.91 Å². The summed E-state index contributed by atoms with van der Waals surface area (Å²) in [7, 11) is 1.54. The Morgan fingerprint density at radius 2 is 1.50 bits per heavy atom. The van der Waals surface area contributed by atoms with Crippen LogP contribution in [0.2, 0.25) is 0 Å². The Kier molecular flexibility index (Phi) is 9.60. The average molecular weight is 543 g/mol. The third-order valence-corrected chi connectivity index (χ3v) is 6.36. The van der Waals surface area contributed by atoms with Gasteiger partial charge in [-0.15, -0.1) is 0 Å². The summed E-state index contributed by atoms with van der Waals surface area (Å²) >= 11 is 0. The number of para-hydroxylation sites is 1. The van der Waals surface area contributed by atoms with Gasteiger partial charge >= 0.3 is 17.8 Å². The van der Waals surface area contributed by atoms with E-state index in [4.69, 9.17) is 9.47 Å². The molecule has 1 aliphatic carbocycles. The lowest BCUT2D eigenvalue weighted by Crippen LogP contribution is -2.37. The van der Waals surface area contributed by atoms with E-state index in [1.165, 1.54) is 12.6 Å². The molecule has 0 spiro atoms. The van der Waals surface area contributed by atoms with Crippen molar-refractivity contribution in [3.8, 4) is 11.5 Å². The second-order valence-electron chi connectivity index (χ2n) is 9.19. The SMILES string of the molecule is COc1ccc(C(=O)Oc2ccc(C=NNC(=O)C(=O)Nc3ccccc3C(=O)NC3CCCCC3)cc2)cc1. The first-order valence-corrected chi connectivity index (χ1v) is 12.9.